The maximum Gasteiger partial charge on any atom is 0.227 e. The maximum absolute atomic E-state index is 6.42. The van der Waals surface area contributed by atoms with E-state index in [9.17, 15) is 0 Å². The van der Waals surface area contributed by atoms with Crippen molar-refractivity contribution in [1.82, 2.24) is 19.4 Å². The zero-order chi connectivity index (χ0) is 35.7. The molecule has 0 saturated heterocycles. The number of nitrogens with zero attached hydrogens (tertiary/aromatic N) is 18. The molecule has 0 aliphatic carbocycles. The molecule has 0 radical (unpaired) electrons. The van der Waals surface area contributed by atoms with Crippen LogP contribution in [0.15, 0.2) is 117 Å². The van der Waals surface area contributed by atoms with Crippen LogP contribution in [-0.2, 0) is 6.54 Å². The zero-order valence-corrected chi connectivity index (χ0v) is 27.5. The van der Waals surface area contributed by atoms with Gasteiger partial charge in [-0.2, -0.15) is 5.53 Å². The highest BCUT2D eigenvalue weighted by molar-refractivity contribution is 5.98. The molecule has 1 aliphatic heterocycles. The van der Waals surface area contributed by atoms with Crippen LogP contribution < -0.4 is 31.3 Å². The van der Waals surface area contributed by atoms with E-state index in [1.165, 1.54) is 0 Å². The van der Waals surface area contributed by atoms with Gasteiger partial charge in [-0.3, -0.25) is 0 Å². The van der Waals surface area contributed by atoms with Gasteiger partial charge in [-0.25, -0.2) is 9.97 Å². The first-order valence-electron chi connectivity index (χ1n) is 14.5. The molecule has 3 heterocycles. The first kappa shape index (κ1) is 35.9. The molecule has 2 aromatic heterocycles. The normalized spacial score (nSPS) is 12.9. The fraction of sp³-hybridized carbons (Fsp3) is 0.308. The third-order valence-corrected chi connectivity index (χ3v) is 6.77. The molecule has 0 unspecified atom stereocenters. The summed E-state index contributed by atoms with van der Waals surface area (Å²) < 4.78 is 13.7. The summed E-state index contributed by atoms with van der Waals surface area (Å²) in [5.74, 6) is 6.62. The number of nitrogens with two attached hydrogens (primary N) is 2. The van der Waals surface area contributed by atoms with E-state index in [1.54, 1.807) is 13.3 Å². The van der Waals surface area contributed by atoms with E-state index in [-0.39, 0.29) is 0 Å². The number of ether oxygens (including phenoxy) is 2. The Bertz CT molecular complexity index is 1920. The molecule has 0 fully saturated rings. The van der Waals surface area contributed by atoms with E-state index in [0.29, 0.717) is 29.7 Å². The lowest BCUT2D eigenvalue weighted by Crippen LogP contribution is -2.29. The predicted octanol–water partition coefficient (Wildman–Crippen LogP) is 5.92. The first-order valence-corrected chi connectivity index (χ1v) is 14.5. The second kappa shape index (κ2) is 18.4. The number of hydrogen-bond donors (Lipinski definition) is 4. The molecule has 2 aromatic carbocycles. The molecule has 1 aliphatic rings. The molecule has 24 heteroatoms. The molecular formula is C26H34N22O2. The van der Waals surface area contributed by atoms with Crippen LogP contribution in [0.1, 0.15) is 0 Å². The van der Waals surface area contributed by atoms with Gasteiger partial charge in [0.1, 0.15) is 18.1 Å². The standard InChI is InChI=1S/C26H31N7O2.H3N15/c1-31(2)10-11-32(3)22-15-24(34-4)21(14-19(22)27)30-26-28-9-8-20(29-26)18-16-33-12-13-35-23-7-5-6-17(18)25(23)33;1-3-5-7-9-11-13-15-14-12-10-8-6-4-2/h5-9,14-16H,10-13,27H2,1-4H3,(H,28,29,30);(H3,1,2,5,6,9,10,13,14). The van der Waals surface area contributed by atoms with E-state index < -0.39 is 0 Å². The van der Waals surface area contributed by atoms with Crippen molar-refractivity contribution in [3.63, 3.8) is 0 Å². The van der Waals surface area contributed by atoms with Gasteiger partial charge >= 0.3 is 0 Å². The largest absolute Gasteiger partial charge is 0.494 e. The smallest absolute Gasteiger partial charge is 0.227 e. The summed E-state index contributed by atoms with van der Waals surface area (Å²) in [5, 5.41) is 41.7. The van der Waals surface area contributed by atoms with Gasteiger partial charge in [0.2, 0.25) is 5.95 Å². The topological polar surface area (TPSA) is 304 Å². The van der Waals surface area contributed by atoms with E-state index in [4.69, 9.17) is 25.7 Å². The van der Waals surface area contributed by atoms with Gasteiger partial charge in [-0.1, -0.05) is 17.4 Å². The zero-order valence-electron chi connectivity index (χ0n) is 27.5. The molecule has 260 valence electrons. The Morgan fingerprint density at radius 1 is 0.960 bits per heavy atom. The van der Waals surface area contributed by atoms with Crippen molar-refractivity contribution < 1.29 is 9.47 Å². The van der Waals surface area contributed by atoms with Crippen LogP contribution in [0.2, 0.25) is 0 Å². The predicted molar refractivity (Wildman–Crippen MR) is 179 cm³/mol. The lowest BCUT2D eigenvalue weighted by Gasteiger charge is -2.24. The summed E-state index contributed by atoms with van der Waals surface area (Å²) in [4.78, 5) is 13.5. The van der Waals surface area contributed by atoms with Gasteiger partial charge in [-0.15, -0.1) is 0 Å². The molecular weight excluding hydrogens is 652 g/mol. The Balaban J connectivity index is 0.000000318. The minimum Gasteiger partial charge on any atom is -0.494 e. The van der Waals surface area contributed by atoms with E-state index in [0.717, 1.165) is 53.2 Å². The van der Waals surface area contributed by atoms with Crippen molar-refractivity contribution in [3.8, 4) is 22.8 Å². The van der Waals surface area contributed by atoms with E-state index in [1.807, 2.05) is 37.4 Å². The molecule has 0 amide bonds. The number of nitrogen functional groups attached to an aromatic ring is 1. The molecule has 0 spiro atoms. The SMILES string of the molecule is COc1cc(N(C)CCN(C)C)c(N)cc1Nc1nccc(-c2cn3c4c(cccc24)OCC3)n1.N=N/N=N/N=N/N=N/N=N/N=N/N=N/N. The van der Waals surface area contributed by atoms with Crippen LogP contribution in [0.25, 0.3) is 22.2 Å². The highest BCUT2D eigenvalue weighted by Gasteiger charge is 2.19. The summed E-state index contributed by atoms with van der Waals surface area (Å²) in [5.41, 5.74) is 17.8. The van der Waals surface area contributed by atoms with Crippen LogP contribution in [0.5, 0.6) is 11.5 Å². The van der Waals surface area contributed by atoms with Crippen LogP contribution in [0, 0.1) is 5.53 Å². The van der Waals surface area contributed by atoms with Crippen molar-refractivity contribution >= 4 is 33.9 Å². The van der Waals surface area contributed by atoms with Crippen LogP contribution in [0.3, 0.4) is 0 Å². The van der Waals surface area contributed by atoms with Gasteiger partial charge in [0, 0.05) is 49.5 Å². The van der Waals surface area contributed by atoms with Gasteiger partial charge in [0.25, 0.3) is 0 Å². The second-order valence-corrected chi connectivity index (χ2v) is 10.2. The summed E-state index contributed by atoms with van der Waals surface area (Å²) in [6.45, 7) is 3.25. The van der Waals surface area contributed by atoms with Crippen LogP contribution >= 0.6 is 0 Å². The minimum atomic E-state index is 0.470. The number of nitrogens with one attached hydrogen (secondary N) is 2. The molecule has 0 saturated carbocycles. The summed E-state index contributed by atoms with van der Waals surface area (Å²) in [7, 11) is 7.78. The average Bonchev–Trinajstić information content (AvgIpc) is 3.50. The van der Waals surface area contributed by atoms with Crippen LogP contribution in [-0.4, -0.2) is 67.4 Å². The number of methoxy groups -OCH3 is 1. The van der Waals surface area contributed by atoms with Crippen LogP contribution in [0.4, 0.5) is 23.0 Å². The Labute approximate surface area is 284 Å². The first-order chi connectivity index (χ1) is 24.4. The summed E-state index contributed by atoms with van der Waals surface area (Å²) >= 11 is 0. The van der Waals surface area contributed by atoms with E-state index in [2.05, 4.69) is 125 Å². The molecule has 5 rings (SSSR count). The Kier molecular flexibility index (Phi) is 13.2. The second-order valence-electron chi connectivity index (χ2n) is 10.2. The number of hydrogen-bond acceptors (Lipinski definition) is 10. The molecule has 6 N–H and O–H groups in total. The Morgan fingerprint density at radius 2 is 1.66 bits per heavy atom. The van der Waals surface area contributed by atoms with Gasteiger partial charge in [0.15, 0.2) is 0 Å². The van der Waals surface area contributed by atoms with E-state index >= 15 is 0 Å². The Morgan fingerprint density at radius 3 is 2.32 bits per heavy atom. The van der Waals surface area contributed by atoms with Crippen molar-refractivity contribution in [2.24, 2.45) is 73.7 Å². The van der Waals surface area contributed by atoms with Gasteiger partial charge < -0.3 is 40.7 Å². The summed E-state index contributed by atoms with van der Waals surface area (Å²) in [6.07, 6.45) is 3.90. The number of anilines is 4. The lowest BCUT2D eigenvalue weighted by molar-refractivity contribution is 0.287. The number of likely N-dealkylation sites (N-methyl/N-ethyl adjacent to an activating group) is 2. The Hall–Kier alpha value is -6.98. The number of aromatic nitrogens is 3. The maximum atomic E-state index is 6.42. The van der Waals surface area contributed by atoms with Crippen molar-refractivity contribution in [1.29, 1.82) is 5.53 Å². The quantitative estimate of drug-likeness (QED) is 0.0528. The third-order valence-electron chi connectivity index (χ3n) is 6.77. The van der Waals surface area contributed by atoms with Gasteiger partial charge in [-0.05, 0) is 95.0 Å². The van der Waals surface area contributed by atoms with Gasteiger partial charge in [0.05, 0.1) is 41.9 Å². The molecule has 4 aromatic rings. The minimum absolute atomic E-state index is 0.470. The molecule has 0 bridgehead atoms. The number of rotatable bonds is 14. The highest BCUT2D eigenvalue weighted by Crippen LogP contribution is 2.38. The fourth-order valence-electron chi connectivity index (χ4n) is 4.62. The van der Waals surface area contributed by atoms with Crippen molar-refractivity contribution in [2.75, 3.05) is 63.9 Å². The highest BCUT2D eigenvalue weighted by atomic mass is 16.5. The number of para-hydroxylation sites is 1. The number of benzene rings is 2. The third kappa shape index (κ3) is 9.77. The monoisotopic (exact) mass is 686 g/mol. The lowest BCUT2D eigenvalue weighted by atomic mass is 10.1. The molecule has 24 nitrogen and oxygen atoms in total. The van der Waals surface area contributed by atoms with Crippen molar-refractivity contribution in [2.45, 2.75) is 6.54 Å². The fourth-order valence-corrected chi connectivity index (χ4v) is 4.62. The van der Waals surface area contributed by atoms with Crippen molar-refractivity contribution in [3.05, 3.63) is 48.8 Å². The summed E-state index contributed by atoms with van der Waals surface area (Å²) in [6, 6.07) is 11.9. The molecule has 50 heavy (non-hydrogen) atoms. The molecule has 0 atom stereocenters. The average molecular weight is 687 g/mol.